The highest BCUT2D eigenvalue weighted by Gasteiger charge is 2.09. The highest BCUT2D eigenvalue weighted by molar-refractivity contribution is 6.04. The molecule has 5 nitrogen and oxygen atoms in total. The largest absolute Gasteiger partial charge is 0.289 e. The molecular weight excluding hydrogens is 264 g/mol. The number of nitrogens with zero attached hydrogens (tertiary/aromatic N) is 3. The van der Waals surface area contributed by atoms with Crippen LogP contribution in [0.4, 0.5) is 5.95 Å². The van der Waals surface area contributed by atoms with Gasteiger partial charge >= 0.3 is 0 Å². The van der Waals surface area contributed by atoms with Crippen LogP contribution in [0.1, 0.15) is 10.4 Å². The second-order valence-corrected chi connectivity index (χ2v) is 4.64. The number of hydrogen-bond acceptors (Lipinski definition) is 3. The summed E-state index contributed by atoms with van der Waals surface area (Å²) in [5, 5.41) is 6.71. The van der Waals surface area contributed by atoms with Crippen molar-refractivity contribution in [2.75, 3.05) is 5.32 Å². The van der Waals surface area contributed by atoms with Crippen molar-refractivity contribution in [3.05, 3.63) is 66.5 Å². The van der Waals surface area contributed by atoms with E-state index in [9.17, 15) is 4.79 Å². The molecule has 3 aromatic rings. The van der Waals surface area contributed by atoms with Gasteiger partial charge in [-0.25, -0.2) is 4.98 Å². The van der Waals surface area contributed by atoms with Crippen molar-refractivity contribution >= 4 is 11.9 Å². The molecule has 0 unspecified atom stereocenters. The maximum atomic E-state index is 12.2. The van der Waals surface area contributed by atoms with E-state index in [1.54, 1.807) is 13.1 Å². The molecule has 3 rings (SSSR count). The van der Waals surface area contributed by atoms with Crippen LogP contribution in [-0.4, -0.2) is 20.7 Å². The van der Waals surface area contributed by atoms with E-state index < -0.39 is 0 Å². The summed E-state index contributed by atoms with van der Waals surface area (Å²) < 4.78 is 1.54. The minimum Gasteiger partial charge on any atom is -0.289 e. The van der Waals surface area contributed by atoms with Crippen molar-refractivity contribution < 1.29 is 4.79 Å². The van der Waals surface area contributed by atoms with Gasteiger partial charge < -0.3 is 0 Å². The van der Waals surface area contributed by atoms with Crippen LogP contribution in [0, 0.1) is 0 Å². The number of nitrogens with one attached hydrogen (secondary N) is 1. The number of rotatable bonds is 3. The van der Waals surface area contributed by atoms with Gasteiger partial charge in [-0.15, -0.1) is 5.10 Å². The summed E-state index contributed by atoms with van der Waals surface area (Å²) in [5.74, 6) is 0.0756. The fraction of sp³-hybridized carbons (Fsp3) is 0.0625. The second kappa shape index (κ2) is 5.58. The fourth-order valence-corrected chi connectivity index (χ4v) is 2.04. The minimum atomic E-state index is -0.223. The quantitative estimate of drug-likeness (QED) is 0.801. The lowest BCUT2D eigenvalue weighted by Crippen LogP contribution is -2.13. The summed E-state index contributed by atoms with van der Waals surface area (Å²) in [6.45, 7) is 0. The van der Waals surface area contributed by atoms with Crippen molar-refractivity contribution in [3.63, 3.8) is 0 Å². The van der Waals surface area contributed by atoms with Crippen molar-refractivity contribution in [2.24, 2.45) is 7.05 Å². The Kier molecular flexibility index (Phi) is 3.47. The zero-order chi connectivity index (χ0) is 14.7. The van der Waals surface area contributed by atoms with Crippen LogP contribution in [0.3, 0.4) is 0 Å². The molecule has 21 heavy (non-hydrogen) atoms. The number of carbonyl (C=O) groups excluding carboxylic acids is 1. The summed E-state index contributed by atoms with van der Waals surface area (Å²) >= 11 is 0. The second-order valence-electron chi connectivity index (χ2n) is 4.64. The highest BCUT2D eigenvalue weighted by atomic mass is 16.1. The Bertz CT molecular complexity index is 765. The molecule has 0 spiro atoms. The Morgan fingerprint density at radius 3 is 2.52 bits per heavy atom. The average Bonchev–Trinajstić information content (AvgIpc) is 2.93. The first-order valence-electron chi connectivity index (χ1n) is 6.55. The third-order valence-electron chi connectivity index (χ3n) is 3.06. The Labute approximate surface area is 122 Å². The van der Waals surface area contributed by atoms with Crippen LogP contribution in [0.5, 0.6) is 0 Å². The monoisotopic (exact) mass is 278 g/mol. The van der Waals surface area contributed by atoms with Crippen LogP contribution in [0.15, 0.2) is 60.9 Å². The summed E-state index contributed by atoms with van der Waals surface area (Å²) in [7, 11) is 1.75. The van der Waals surface area contributed by atoms with Gasteiger partial charge in [0.2, 0.25) is 5.95 Å². The molecule has 0 aliphatic carbocycles. The molecule has 0 saturated heterocycles. The number of hydrogen-bond donors (Lipinski definition) is 1. The molecule has 1 aromatic heterocycles. The topological polar surface area (TPSA) is 59.8 Å². The first kappa shape index (κ1) is 13.1. The zero-order valence-electron chi connectivity index (χ0n) is 11.5. The lowest BCUT2D eigenvalue weighted by Gasteiger charge is -2.05. The predicted molar refractivity (Wildman–Crippen MR) is 80.8 cm³/mol. The molecule has 2 aromatic carbocycles. The molecule has 1 amide bonds. The number of amides is 1. The van der Waals surface area contributed by atoms with Gasteiger partial charge in [0.05, 0.1) is 0 Å². The van der Waals surface area contributed by atoms with Crippen molar-refractivity contribution in [2.45, 2.75) is 0 Å². The normalized spacial score (nSPS) is 10.3. The molecule has 1 heterocycles. The molecular formula is C16H14N4O. The Morgan fingerprint density at radius 1 is 1.05 bits per heavy atom. The van der Waals surface area contributed by atoms with Crippen molar-refractivity contribution in [3.8, 4) is 11.1 Å². The van der Waals surface area contributed by atoms with Gasteiger partial charge in [0.1, 0.15) is 6.33 Å². The standard InChI is InChI=1S/C16H14N4O/c1-20-11-17-16(19-20)18-15(21)14-9-5-8-13(10-14)12-6-3-2-4-7-12/h2-11H,1H3,(H,18,19,21). The smallest absolute Gasteiger partial charge is 0.258 e. The first-order valence-corrected chi connectivity index (χ1v) is 6.55. The van der Waals surface area contributed by atoms with Gasteiger partial charge in [0, 0.05) is 12.6 Å². The predicted octanol–water partition coefficient (Wildman–Crippen LogP) is 2.73. The minimum absolute atomic E-state index is 0.223. The number of benzene rings is 2. The molecule has 0 saturated carbocycles. The van der Waals surface area contributed by atoms with Gasteiger partial charge in [0.25, 0.3) is 5.91 Å². The van der Waals surface area contributed by atoms with Gasteiger partial charge in [0.15, 0.2) is 0 Å². The molecule has 0 bridgehead atoms. The number of aromatic nitrogens is 3. The number of aryl methyl sites for hydroxylation is 1. The van der Waals surface area contributed by atoms with E-state index in [-0.39, 0.29) is 5.91 Å². The molecule has 0 aliphatic rings. The molecule has 0 fully saturated rings. The third-order valence-corrected chi connectivity index (χ3v) is 3.06. The highest BCUT2D eigenvalue weighted by Crippen LogP contribution is 2.20. The summed E-state index contributed by atoms with van der Waals surface area (Å²) in [4.78, 5) is 16.2. The average molecular weight is 278 g/mol. The first-order chi connectivity index (χ1) is 10.2. The van der Waals surface area contributed by atoms with E-state index >= 15 is 0 Å². The van der Waals surface area contributed by atoms with Crippen molar-refractivity contribution in [1.29, 1.82) is 0 Å². The molecule has 104 valence electrons. The summed E-state index contributed by atoms with van der Waals surface area (Å²) in [6.07, 6.45) is 1.54. The summed E-state index contributed by atoms with van der Waals surface area (Å²) in [5.41, 5.74) is 2.64. The van der Waals surface area contributed by atoms with E-state index in [4.69, 9.17) is 0 Å². The van der Waals surface area contributed by atoms with Crippen LogP contribution in [0.2, 0.25) is 0 Å². The van der Waals surface area contributed by atoms with E-state index in [0.717, 1.165) is 11.1 Å². The zero-order valence-corrected chi connectivity index (χ0v) is 11.5. The van der Waals surface area contributed by atoms with Crippen LogP contribution in [-0.2, 0) is 7.05 Å². The number of anilines is 1. The maximum absolute atomic E-state index is 12.2. The third kappa shape index (κ3) is 2.97. The van der Waals surface area contributed by atoms with E-state index in [1.807, 2.05) is 48.5 Å². The van der Waals surface area contributed by atoms with Crippen LogP contribution in [0.25, 0.3) is 11.1 Å². The lowest BCUT2D eigenvalue weighted by molar-refractivity contribution is 0.102. The van der Waals surface area contributed by atoms with Crippen LogP contribution < -0.4 is 5.32 Å². The molecule has 0 radical (unpaired) electrons. The molecule has 0 aliphatic heterocycles. The van der Waals surface area contributed by atoms with E-state index in [1.165, 1.54) is 11.0 Å². The fourth-order valence-electron chi connectivity index (χ4n) is 2.04. The molecule has 1 N–H and O–H groups in total. The summed E-state index contributed by atoms with van der Waals surface area (Å²) in [6, 6.07) is 17.4. The maximum Gasteiger partial charge on any atom is 0.258 e. The Morgan fingerprint density at radius 2 is 1.81 bits per heavy atom. The van der Waals surface area contributed by atoms with Crippen molar-refractivity contribution in [1.82, 2.24) is 14.8 Å². The lowest BCUT2D eigenvalue weighted by atomic mass is 10.0. The van der Waals surface area contributed by atoms with Crippen LogP contribution >= 0.6 is 0 Å². The SMILES string of the molecule is Cn1cnc(NC(=O)c2cccc(-c3ccccc3)c2)n1. The Balaban J connectivity index is 1.84. The van der Waals surface area contributed by atoms with E-state index in [2.05, 4.69) is 15.4 Å². The Hall–Kier alpha value is -2.95. The van der Waals surface area contributed by atoms with Gasteiger partial charge in [-0.3, -0.25) is 14.8 Å². The van der Waals surface area contributed by atoms with Gasteiger partial charge in [-0.05, 0) is 23.3 Å². The van der Waals surface area contributed by atoms with Gasteiger partial charge in [-0.2, -0.15) is 0 Å². The molecule has 5 heteroatoms. The van der Waals surface area contributed by atoms with Gasteiger partial charge in [-0.1, -0.05) is 42.5 Å². The van der Waals surface area contributed by atoms with E-state index in [0.29, 0.717) is 11.5 Å². The molecule has 0 atom stereocenters. The number of carbonyl (C=O) groups is 1.